The minimum Gasteiger partial charge on any atom is -0.483 e. The number of halogens is 2. The fourth-order valence-corrected chi connectivity index (χ4v) is 4.53. The van der Waals surface area contributed by atoms with Crippen LogP contribution in [0, 0.1) is 5.82 Å². The molecule has 0 aromatic heterocycles. The highest BCUT2D eigenvalue weighted by atomic mass is 79.9. The first-order chi connectivity index (χ1) is 18.1. The molecular weight excluding hydrogens is 547 g/mol. The van der Waals surface area contributed by atoms with Crippen LogP contribution < -0.4 is 10.1 Å². The summed E-state index contributed by atoms with van der Waals surface area (Å²) < 4.78 is 21.3. The Hall–Kier alpha value is -3.19. The van der Waals surface area contributed by atoms with Crippen LogP contribution in [-0.4, -0.2) is 35.9 Å². The Bertz CT molecular complexity index is 1230. The summed E-state index contributed by atoms with van der Waals surface area (Å²) in [5.74, 6) is -0.602. The van der Waals surface area contributed by atoms with Crippen LogP contribution in [-0.2, 0) is 28.0 Å². The van der Waals surface area contributed by atoms with Crippen molar-refractivity contribution in [2.24, 2.45) is 0 Å². The van der Waals surface area contributed by atoms with Gasteiger partial charge in [0.15, 0.2) is 6.61 Å². The lowest BCUT2D eigenvalue weighted by Gasteiger charge is -2.31. The van der Waals surface area contributed by atoms with Crippen molar-refractivity contribution in [3.05, 3.63) is 99.8 Å². The Labute approximate surface area is 233 Å². The third kappa shape index (κ3) is 8.15. The number of benzene rings is 3. The van der Waals surface area contributed by atoms with Gasteiger partial charge in [0, 0.05) is 25.1 Å². The molecule has 2 amide bonds. The summed E-state index contributed by atoms with van der Waals surface area (Å²) in [4.78, 5) is 28.4. The molecule has 0 heterocycles. The Morgan fingerprint density at radius 3 is 2.34 bits per heavy atom. The second kappa shape index (κ2) is 13.6. The van der Waals surface area contributed by atoms with E-state index in [-0.39, 0.29) is 24.5 Å². The van der Waals surface area contributed by atoms with E-state index in [1.165, 1.54) is 11.0 Å². The third-order valence-electron chi connectivity index (χ3n) is 6.27. The van der Waals surface area contributed by atoms with Gasteiger partial charge in [-0.3, -0.25) is 9.59 Å². The SMILES string of the molecule is CCCNC(=O)[C@H](Cc1ccccc1)N(Cc1ccccc1F)C(=O)COc1ccc(C(C)(C)C)cc1Br. The normalized spacial score (nSPS) is 12.1. The Morgan fingerprint density at radius 2 is 1.71 bits per heavy atom. The molecule has 3 rings (SSSR count). The van der Waals surface area contributed by atoms with Gasteiger partial charge in [-0.25, -0.2) is 4.39 Å². The lowest BCUT2D eigenvalue weighted by molar-refractivity contribution is -0.142. The summed E-state index contributed by atoms with van der Waals surface area (Å²) in [6, 6.07) is 20.7. The molecule has 0 unspecified atom stereocenters. The maximum Gasteiger partial charge on any atom is 0.261 e. The molecule has 0 saturated carbocycles. The molecule has 38 heavy (non-hydrogen) atoms. The predicted octanol–water partition coefficient (Wildman–Crippen LogP) is 6.43. The van der Waals surface area contributed by atoms with Crippen LogP contribution in [0.1, 0.15) is 50.8 Å². The molecule has 0 spiro atoms. The third-order valence-corrected chi connectivity index (χ3v) is 6.89. The summed E-state index contributed by atoms with van der Waals surface area (Å²) in [5, 5.41) is 2.92. The number of hydrogen-bond donors (Lipinski definition) is 1. The van der Waals surface area contributed by atoms with E-state index in [0.717, 1.165) is 22.0 Å². The van der Waals surface area contributed by atoms with E-state index in [4.69, 9.17) is 4.74 Å². The maximum absolute atomic E-state index is 14.7. The molecule has 0 bridgehead atoms. The minimum atomic E-state index is -0.841. The summed E-state index contributed by atoms with van der Waals surface area (Å²) in [7, 11) is 0. The van der Waals surface area contributed by atoms with Crippen molar-refractivity contribution in [3.8, 4) is 5.75 Å². The van der Waals surface area contributed by atoms with Crippen molar-refractivity contribution in [2.45, 2.75) is 58.5 Å². The van der Waals surface area contributed by atoms with Crippen molar-refractivity contribution in [1.29, 1.82) is 0 Å². The highest BCUT2D eigenvalue weighted by molar-refractivity contribution is 9.10. The van der Waals surface area contributed by atoms with Gasteiger partial charge in [-0.15, -0.1) is 0 Å². The van der Waals surface area contributed by atoms with Gasteiger partial charge in [-0.05, 0) is 57.1 Å². The van der Waals surface area contributed by atoms with Gasteiger partial charge < -0.3 is 15.0 Å². The molecule has 3 aromatic carbocycles. The van der Waals surface area contributed by atoms with E-state index in [0.29, 0.717) is 24.3 Å². The topological polar surface area (TPSA) is 58.6 Å². The molecule has 7 heteroatoms. The minimum absolute atomic E-state index is 0.0378. The molecule has 0 radical (unpaired) electrons. The van der Waals surface area contributed by atoms with E-state index >= 15 is 0 Å². The van der Waals surface area contributed by atoms with Crippen LogP contribution >= 0.6 is 15.9 Å². The molecule has 1 atom stereocenters. The lowest BCUT2D eigenvalue weighted by Crippen LogP contribution is -2.52. The van der Waals surface area contributed by atoms with Crippen LogP contribution in [0.4, 0.5) is 4.39 Å². The van der Waals surface area contributed by atoms with Gasteiger partial charge >= 0.3 is 0 Å². The fourth-order valence-electron chi connectivity index (χ4n) is 4.04. The maximum atomic E-state index is 14.7. The summed E-state index contributed by atoms with van der Waals surface area (Å²) in [6.07, 6.45) is 1.05. The van der Waals surface area contributed by atoms with E-state index in [1.54, 1.807) is 18.2 Å². The summed E-state index contributed by atoms with van der Waals surface area (Å²) in [6.45, 7) is 8.45. The Balaban J connectivity index is 1.90. The second-order valence-corrected chi connectivity index (χ2v) is 11.1. The van der Waals surface area contributed by atoms with E-state index < -0.39 is 17.8 Å². The molecule has 0 aliphatic rings. The van der Waals surface area contributed by atoms with Crippen molar-refractivity contribution in [1.82, 2.24) is 10.2 Å². The van der Waals surface area contributed by atoms with Crippen molar-refractivity contribution in [2.75, 3.05) is 13.2 Å². The van der Waals surface area contributed by atoms with Crippen molar-refractivity contribution in [3.63, 3.8) is 0 Å². The summed E-state index contributed by atoms with van der Waals surface area (Å²) >= 11 is 3.55. The monoisotopic (exact) mass is 582 g/mol. The molecule has 0 saturated heterocycles. The largest absolute Gasteiger partial charge is 0.483 e. The highest BCUT2D eigenvalue weighted by Gasteiger charge is 2.31. The molecule has 202 valence electrons. The smallest absolute Gasteiger partial charge is 0.261 e. The number of amides is 2. The van der Waals surface area contributed by atoms with Gasteiger partial charge in [0.25, 0.3) is 5.91 Å². The number of carbonyl (C=O) groups is 2. The van der Waals surface area contributed by atoms with Gasteiger partial charge in [0.2, 0.25) is 5.91 Å². The average molecular weight is 584 g/mol. The fraction of sp³-hybridized carbons (Fsp3) is 0.355. The molecule has 1 N–H and O–H groups in total. The van der Waals surface area contributed by atoms with E-state index in [2.05, 4.69) is 42.0 Å². The number of ether oxygens (including phenoxy) is 1. The predicted molar refractivity (Wildman–Crippen MR) is 153 cm³/mol. The number of rotatable bonds is 11. The standard InChI is InChI=1S/C31H36BrFN2O3/c1-5-17-34-30(37)27(18-22-11-7-6-8-12-22)35(20-23-13-9-10-14-26(23)33)29(36)21-38-28-16-15-24(19-25(28)32)31(2,3)4/h6-16,19,27H,5,17-18,20-21H2,1-4H3,(H,34,37)/t27-/m0/s1. The van der Waals surface area contributed by atoms with Crippen LogP contribution in [0.2, 0.25) is 0 Å². The average Bonchev–Trinajstić information content (AvgIpc) is 2.89. The number of nitrogens with zero attached hydrogens (tertiary/aromatic N) is 1. The summed E-state index contributed by atoms with van der Waals surface area (Å²) in [5.41, 5.74) is 2.32. The molecule has 0 fully saturated rings. The van der Waals surface area contributed by atoms with Crippen LogP contribution in [0.3, 0.4) is 0 Å². The highest BCUT2D eigenvalue weighted by Crippen LogP contribution is 2.31. The quantitative estimate of drug-likeness (QED) is 0.283. The Kier molecular flexibility index (Phi) is 10.5. The number of nitrogens with one attached hydrogen (secondary N) is 1. The van der Waals surface area contributed by atoms with E-state index in [1.807, 2.05) is 55.5 Å². The molecule has 3 aromatic rings. The molecule has 5 nitrogen and oxygen atoms in total. The van der Waals surface area contributed by atoms with Gasteiger partial charge in [0.1, 0.15) is 17.6 Å². The van der Waals surface area contributed by atoms with Crippen LogP contribution in [0.25, 0.3) is 0 Å². The molecule has 0 aliphatic carbocycles. The first kappa shape index (κ1) is 29.4. The second-order valence-electron chi connectivity index (χ2n) is 10.3. The molecule has 0 aliphatic heterocycles. The van der Waals surface area contributed by atoms with Crippen LogP contribution in [0.5, 0.6) is 5.75 Å². The number of carbonyl (C=O) groups excluding carboxylic acids is 2. The van der Waals surface area contributed by atoms with Crippen LogP contribution in [0.15, 0.2) is 77.3 Å². The zero-order valence-corrected chi connectivity index (χ0v) is 24.1. The zero-order valence-electron chi connectivity index (χ0n) is 22.5. The van der Waals surface area contributed by atoms with Gasteiger partial charge in [0.05, 0.1) is 4.47 Å². The first-order valence-electron chi connectivity index (χ1n) is 12.9. The first-order valence-corrected chi connectivity index (χ1v) is 13.7. The van der Waals surface area contributed by atoms with Crippen molar-refractivity contribution < 1.29 is 18.7 Å². The van der Waals surface area contributed by atoms with Gasteiger partial charge in [-0.2, -0.15) is 0 Å². The number of hydrogen-bond acceptors (Lipinski definition) is 3. The molecular formula is C31H36BrFN2O3. The zero-order chi connectivity index (χ0) is 27.7. The van der Waals surface area contributed by atoms with Crippen molar-refractivity contribution >= 4 is 27.7 Å². The lowest BCUT2D eigenvalue weighted by atomic mass is 9.87. The van der Waals surface area contributed by atoms with E-state index in [9.17, 15) is 14.0 Å². The Morgan fingerprint density at radius 1 is 1.03 bits per heavy atom. The van der Waals surface area contributed by atoms with Gasteiger partial charge in [-0.1, -0.05) is 82.3 Å².